The normalized spacial score (nSPS) is 12.4. The minimum absolute atomic E-state index is 0.0928. The van der Waals surface area contributed by atoms with Crippen molar-refractivity contribution in [3.05, 3.63) is 48.6 Å². The fourth-order valence-corrected chi connectivity index (χ4v) is 7.15. The van der Waals surface area contributed by atoms with Gasteiger partial charge >= 0.3 is 17.9 Å². The molecule has 6 nitrogen and oxygen atoms in total. The number of carbonyl (C=O) groups excluding carboxylic acids is 3. The minimum atomic E-state index is -0.793. The van der Waals surface area contributed by atoms with Crippen molar-refractivity contribution in [2.24, 2.45) is 0 Å². The van der Waals surface area contributed by atoms with Crippen LogP contribution in [-0.4, -0.2) is 37.2 Å². The molecule has 0 heterocycles. The van der Waals surface area contributed by atoms with Crippen molar-refractivity contribution in [3.63, 3.8) is 0 Å². The average Bonchev–Trinajstić information content (AvgIpc) is 3.24. The summed E-state index contributed by atoms with van der Waals surface area (Å²) in [5.74, 6) is -0.953. The van der Waals surface area contributed by atoms with Crippen LogP contribution in [0.1, 0.15) is 258 Å². The van der Waals surface area contributed by atoms with Crippen molar-refractivity contribution >= 4 is 17.9 Å². The molecule has 348 valence electrons. The molecular weight excluding hydrogens is 745 g/mol. The Morgan fingerprint density at radius 2 is 0.633 bits per heavy atom. The zero-order valence-corrected chi connectivity index (χ0v) is 39.7. The molecule has 0 saturated carbocycles. The van der Waals surface area contributed by atoms with Crippen LogP contribution in [0.2, 0.25) is 0 Å². The largest absolute Gasteiger partial charge is 0.462 e. The number of hydrogen-bond acceptors (Lipinski definition) is 6. The van der Waals surface area contributed by atoms with Gasteiger partial charge in [-0.2, -0.15) is 0 Å². The van der Waals surface area contributed by atoms with Crippen LogP contribution in [0.3, 0.4) is 0 Å². The second kappa shape index (κ2) is 49.0. The number of esters is 3. The van der Waals surface area contributed by atoms with Gasteiger partial charge in [-0.05, 0) is 70.6 Å². The number of hydrogen-bond donors (Lipinski definition) is 0. The summed E-state index contributed by atoms with van der Waals surface area (Å²) in [6, 6.07) is 0. The first-order valence-corrected chi connectivity index (χ1v) is 25.6. The van der Waals surface area contributed by atoms with Gasteiger partial charge in [0, 0.05) is 19.3 Å². The highest BCUT2D eigenvalue weighted by molar-refractivity contribution is 5.71. The predicted octanol–water partition coefficient (Wildman–Crippen LogP) is 16.7. The predicted molar refractivity (Wildman–Crippen MR) is 256 cm³/mol. The summed E-state index contributed by atoms with van der Waals surface area (Å²) in [4.78, 5) is 37.9. The van der Waals surface area contributed by atoms with Gasteiger partial charge in [-0.3, -0.25) is 14.4 Å². The summed E-state index contributed by atoms with van der Waals surface area (Å²) in [5.41, 5.74) is 0. The topological polar surface area (TPSA) is 78.9 Å². The van der Waals surface area contributed by atoms with Crippen molar-refractivity contribution in [1.82, 2.24) is 0 Å². The third-order valence-electron chi connectivity index (χ3n) is 11.1. The van der Waals surface area contributed by atoms with Gasteiger partial charge in [-0.25, -0.2) is 0 Å². The van der Waals surface area contributed by atoms with Gasteiger partial charge in [0.15, 0.2) is 6.10 Å². The monoisotopic (exact) mass is 841 g/mol. The van der Waals surface area contributed by atoms with E-state index in [0.717, 1.165) is 77.0 Å². The molecule has 0 aliphatic carbocycles. The summed E-state index contributed by atoms with van der Waals surface area (Å²) in [6.45, 7) is 6.55. The molecule has 0 bridgehead atoms. The van der Waals surface area contributed by atoms with Crippen LogP contribution in [0.4, 0.5) is 0 Å². The lowest BCUT2D eigenvalue weighted by Gasteiger charge is -2.18. The third-order valence-corrected chi connectivity index (χ3v) is 11.1. The van der Waals surface area contributed by atoms with Crippen molar-refractivity contribution in [2.75, 3.05) is 13.2 Å². The SMILES string of the molecule is CCCC/C=C\CCCCCCC(=O)OCC(COC(=O)CCC/C=C\C/C=C\C/C=C\CCCCCCCC)OC(=O)CCCCCCCCCCCCCCCCC. The molecule has 0 fully saturated rings. The lowest BCUT2D eigenvalue weighted by Crippen LogP contribution is -2.30. The quantitative estimate of drug-likeness (QED) is 0.0263. The van der Waals surface area contributed by atoms with E-state index in [4.69, 9.17) is 14.2 Å². The van der Waals surface area contributed by atoms with Crippen LogP contribution >= 0.6 is 0 Å². The van der Waals surface area contributed by atoms with Gasteiger partial charge in [-0.15, -0.1) is 0 Å². The molecule has 0 aliphatic rings. The highest BCUT2D eigenvalue weighted by Crippen LogP contribution is 2.15. The number of rotatable bonds is 46. The molecular formula is C54H96O6. The first-order chi connectivity index (χ1) is 29.5. The highest BCUT2D eigenvalue weighted by atomic mass is 16.6. The molecule has 0 aliphatic heterocycles. The third kappa shape index (κ3) is 46.4. The Kier molecular flexibility index (Phi) is 46.9. The van der Waals surface area contributed by atoms with Gasteiger partial charge in [0.1, 0.15) is 13.2 Å². The molecule has 0 amide bonds. The molecule has 1 atom stereocenters. The van der Waals surface area contributed by atoms with Gasteiger partial charge in [0.05, 0.1) is 0 Å². The Morgan fingerprint density at radius 1 is 0.333 bits per heavy atom. The lowest BCUT2D eigenvalue weighted by molar-refractivity contribution is -0.167. The molecule has 0 saturated heterocycles. The summed E-state index contributed by atoms with van der Waals surface area (Å²) < 4.78 is 16.7. The molecule has 0 N–H and O–H groups in total. The van der Waals surface area contributed by atoms with Crippen LogP contribution in [0.5, 0.6) is 0 Å². The maximum atomic E-state index is 12.8. The molecule has 1 unspecified atom stereocenters. The fraction of sp³-hybridized carbons (Fsp3) is 0.796. The van der Waals surface area contributed by atoms with E-state index >= 15 is 0 Å². The maximum Gasteiger partial charge on any atom is 0.306 e. The van der Waals surface area contributed by atoms with Crippen LogP contribution in [0.25, 0.3) is 0 Å². The van der Waals surface area contributed by atoms with E-state index in [-0.39, 0.29) is 37.5 Å². The van der Waals surface area contributed by atoms with E-state index < -0.39 is 6.10 Å². The molecule has 6 heteroatoms. The van der Waals surface area contributed by atoms with Gasteiger partial charge in [0.25, 0.3) is 0 Å². The van der Waals surface area contributed by atoms with E-state index in [9.17, 15) is 14.4 Å². The Morgan fingerprint density at radius 3 is 1.07 bits per heavy atom. The molecule has 0 rings (SSSR count). The highest BCUT2D eigenvalue weighted by Gasteiger charge is 2.19. The lowest BCUT2D eigenvalue weighted by atomic mass is 10.0. The number of unbranched alkanes of at least 4 members (excludes halogenated alkanes) is 27. The van der Waals surface area contributed by atoms with Crippen molar-refractivity contribution in [3.8, 4) is 0 Å². The molecule has 0 spiro atoms. The summed E-state index contributed by atoms with van der Waals surface area (Å²) in [5, 5.41) is 0. The molecule has 0 aromatic heterocycles. The van der Waals surface area contributed by atoms with E-state index in [1.54, 1.807) is 0 Å². The zero-order chi connectivity index (χ0) is 43.7. The molecule has 60 heavy (non-hydrogen) atoms. The van der Waals surface area contributed by atoms with Gasteiger partial charge in [0.2, 0.25) is 0 Å². The Hall–Kier alpha value is -2.63. The van der Waals surface area contributed by atoms with E-state index in [0.29, 0.717) is 19.3 Å². The second-order valence-corrected chi connectivity index (χ2v) is 17.1. The summed E-state index contributed by atoms with van der Waals surface area (Å²) in [6.07, 6.45) is 58.2. The Balaban J connectivity index is 4.41. The second-order valence-electron chi connectivity index (χ2n) is 17.1. The summed E-state index contributed by atoms with van der Waals surface area (Å²) >= 11 is 0. The van der Waals surface area contributed by atoms with Crippen LogP contribution < -0.4 is 0 Å². The van der Waals surface area contributed by atoms with Gasteiger partial charge in [-0.1, -0.05) is 217 Å². The fourth-order valence-electron chi connectivity index (χ4n) is 7.15. The van der Waals surface area contributed by atoms with E-state index in [1.165, 1.54) is 135 Å². The number of ether oxygens (including phenoxy) is 3. The van der Waals surface area contributed by atoms with E-state index in [2.05, 4.69) is 69.4 Å². The molecule has 0 aromatic carbocycles. The minimum Gasteiger partial charge on any atom is -0.462 e. The number of carbonyl (C=O) groups is 3. The first kappa shape index (κ1) is 57.4. The Bertz CT molecular complexity index is 1060. The van der Waals surface area contributed by atoms with E-state index in [1.807, 2.05) is 0 Å². The first-order valence-electron chi connectivity index (χ1n) is 25.6. The van der Waals surface area contributed by atoms with Crippen LogP contribution in [0.15, 0.2) is 48.6 Å². The maximum absolute atomic E-state index is 12.8. The van der Waals surface area contributed by atoms with Crippen molar-refractivity contribution < 1.29 is 28.6 Å². The Labute approximate surface area is 371 Å². The molecule has 0 aromatic rings. The molecule has 0 radical (unpaired) electrons. The number of allylic oxidation sites excluding steroid dienone is 8. The smallest absolute Gasteiger partial charge is 0.306 e. The van der Waals surface area contributed by atoms with Crippen LogP contribution in [0, 0.1) is 0 Å². The standard InChI is InChI=1S/C54H96O6/c1-4-7-10-13-16-19-22-24-26-27-29-30-32-35-38-41-44-47-53(56)59-50-51(49-58-52(55)46-43-40-37-34-21-18-15-12-9-6-3)60-54(57)48-45-42-39-36-33-31-28-25-23-20-17-14-11-8-5-2/h15,18,24,26,29-30,35,38,51H,4-14,16-17,19-23,25,27-28,31-34,36-37,39-50H2,1-3H3/b18-15-,26-24-,30-29-,38-35-. The van der Waals surface area contributed by atoms with Crippen LogP contribution in [-0.2, 0) is 28.6 Å². The van der Waals surface area contributed by atoms with Crippen molar-refractivity contribution in [2.45, 2.75) is 264 Å². The summed E-state index contributed by atoms with van der Waals surface area (Å²) in [7, 11) is 0. The zero-order valence-electron chi connectivity index (χ0n) is 39.7. The van der Waals surface area contributed by atoms with Crippen molar-refractivity contribution in [1.29, 1.82) is 0 Å². The van der Waals surface area contributed by atoms with Gasteiger partial charge < -0.3 is 14.2 Å². The average molecular weight is 841 g/mol.